The summed E-state index contributed by atoms with van der Waals surface area (Å²) in [6.07, 6.45) is 5.78. The molecule has 1 nitrogen and oxygen atoms in total. The highest BCUT2D eigenvalue weighted by atomic mass is 16.1. The van der Waals surface area contributed by atoms with E-state index >= 15 is 0 Å². The van der Waals surface area contributed by atoms with Gasteiger partial charge in [0.05, 0.1) is 0 Å². The van der Waals surface area contributed by atoms with Gasteiger partial charge in [0.25, 0.3) is 0 Å². The molecule has 0 fully saturated rings. The molecule has 1 heteroatoms. The molecule has 0 bridgehead atoms. The summed E-state index contributed by atoms with van der Waals surface area (Å²) in [7, 11) is 0. The zero-order chi connectivity index (χ0) is 7.56. The lowest BCUT2D eigenvalue weighted by molar-refractivity contribution is -0.120. The minimum atomic E-state index is 0.206. The second-order valence-corrected chi connectivity index (χ2v) is 2.81. The Hall–Kier alpha value is -0.850. The predicted molar refractivity (Wildman–Crippen MR) is 41.7 cm³/mol. The second-order valence-electron chi connectivity index (χ2n) is 2.81. The van der Waals surface area contributed by atoms with Crippen molar-refractivity contribution in [1.29, 1.82) is 0 Å². The van der Waals surface area contributed by atoms with Crippen molar-refractivity contribution < 1.29 is 4.79 Å². The van der Waals surface area contributed by atoms with Gasteiger partial charge in [-0.2, -0.15) is 0 Å². The van der Waals surface area contributed by atoms with Gasteiger partial charge in [-0.15, -0.1) is 0 Å². The molecule has 0 radical (unpaired) electrons. The second kappa shape index (κ2) is 2.82. The van der Waals surface area contributed by atoms with E-state index in [1.807, 2.05) is 12.2 Å². The minimum Gasteiger partial charge on any atom is -0.300 e. The van der Waals surface area contributed by atoms with Gasteiger partial charge in [-0.25, -0.2) is 0 Å². The molecule has 10 heavy (non-hydrogen) atoms. The monoisotopic (exact) mass is 136 g/mol. The van der Waals surface area contributed by atoms with Crippen LogP contribution in [0.5, 0.6) is 0 Å². The molecule has 0 heterocycles. The molecule has 1 aliphatic carbocycles. The highest BCUT2D eigenvalue weighted by Crippen LogP contribution is 2.21. The maximum absolute atomic E-state index is 10.9. The van der Waals surface area contributed by atoms with Crippen LogP contribution in [0, 0.1) is 5.92 Å². The fourth-order valence-corrected chi connectivity index (χ4v) is 1.18. The fourth-order valence-electron chi connectivity index (χ4n) is 1.18. The molecule has 0 aliphatic heterocycles. The van der Waals surface area contributed by atoms with Gasteiger partial charge < -0.3 is 0 Å². The molecular weight excluding hydrogens is 124 g/mol. The van der Waals surface area contributed by atoms with E-state index < -0.39 is 0 Å². The zero-order valence-corrected chi connectivity index (χ0v) is 6.26. The van der Waals surface area contributed by atoms with Crippen LogP contribution in [-0.2, 0) is 4.79 Å². The molecule has 0 N–H and O–H groups in total. The van der Waals surface area contributed by atoms with Gasteiger partial charge in [0.15, 0.2) is 0 Å². The van der Waals surface area contributed by atoms with Crippen LogP contribution in [0.15, 0.2) is 24.3 Å². The molecule has 0 saturated heterocycles. The largest absolute Gasteiger partial charge is 0.300 e. The van der Waals surface area contributed by atoms with Crippen molar-refractivity contribution in [2.24, 2.45) is 5.92 Å². The normalized spacial score (nSPS) is 24.9. The van der Waals surface area contributed by atoms with Gasteiger partial charge in [-0.05, 0) is 19.8 Å². The number of ketones is 1. The van der Waals surface area contributed by atoms with Crippen LogP contribution in [0.3, 0.4) is 0 Å². The van der Waals surface area contributed by atoms with E-state index in [9.17, 15) is 4.79 Å². The molecule has 0 amide bonds. The Bertz CT molecular complexity index is 189. The van der Waals surface area contributed by atoms with Crippen LogP contribution >= 0.6 is 0 Å². The van der Waals surface area contributed by atoms with Gasteiger partial charge in [0, 0.05) is 5.92 Å². The van der Waals surface area contributed by atoms with Crippen LogP contribution in [0.1, 0.15) is 19.8 Å². The van der Waals surface area contributed by atoms with Crippen LogP contribution < -0.4 is 0 Å². The van der Waals surface area contributed by atoms with Crippen LogP contribution in [-0.4, -0.2) is 5.78 Å². The van der Waals surface area contributed by atoms with Gasteiger partial charge in [0.2, 0.25) is 0 Å². The molecule has 1 rings (SSSR count). The molecule has 0 spiro atoms. The van der Waals surface area contributed by atoms with Gasteiger partial charge in [-0.3, -0.25) is 4.79 Å². The SMILES string of the molecule is C=C1C=CCC(C(C)=O)C1. The van der Waals surface area contributed by atoms with Crippen LogP contribution in [0.4, 0.5) is 0 Å². The quantitative estimate of drug-likeness (QED) is 0.539. The standard InChI is InChI=1S/C9H12O/c1-7-4-3-5-9(6-7)8(2)10/h3-4,9H,1,5-6H2,2H3. The summed E-state index contributed by atoms with van der Waals surface area (Å²) >= 11 is 0. The number of hydrogen-bond acceptors (Lipinski definition) is 1. The van der Waals surface area contributed by atoms with Gasteiger partial charge in [0.1, 0.15) is 5.78 Å². The number of carbonyl (C=O) groups is 1. The topological polar surface area (TPSA) is 17.1 Å². The third-order valence-corrected chi connectivity index (χ3v) is 1.86. The summed E-state index contributed by atoms with van der Waals surface area (Å²) in [5, 5.41) is 0. The number of allylic oxidation sites excluding steroid dienone is 3. The predicted octanol–water partition coefficient (Wildman–Crippen LogP) is 2.10. The fraction of sp³-hybridized carbons (Fsp3) is 0.444. The van der Waals surface area contributed by atoms with E-state index in [4.69, 9.17) is 0 Å². The lowest BCUT2D eigenvalue weighted by Crippen LogP contribution is -2.12. The molecule has 0 saturated carbocycles. The molecular formula is C9H12O. The van der Waals surface area contributed by atoms with Crippen molar-refractivity contribution in [3.05, 3.63) is 24.3 Å². The molecule has 0 aromatic rings. The summed E-state index contributed by atoms with van der Waals surface area (Å²) in [5.41, 5.74) is 1.08. The number of hydrogen-bond donors (Lipinski definition) is 0. The Morgan fingerprint density at radius 2 is 2.50 bits per heavy atom. The van der Waals surface area contributed by atoms with Gasteiger partial charge >= 0.3 is 0 Å². The van der Waals surface area contributed by atoms with Crippen molar-refractivity contribution in [2.45, 2.75) is 19.8 Å². The van der Waals surface area contributed by atoms with Crippen molar-refractivity contribution in [1.82, 2.24) is 0 Å². The summed E-state index contributed by atoms with van der Waals surface area (Å²) in [6.45, 7) is 5.46. The third-order valence-electron chi connectivity index (χ3n) is 1.86. The van der Waals surface area contributed by atoms with Crippen molar-refractivity contribution in [3.8, 4) is 0 Å². The molecule has 1 unspecified atom stereocenters. The maximum Gasteiger partial charge on any atom is 0.133 e. The Morgan fingerprint density at radius 3 is 2.90 bits per heavy atom. The lowest BCUT2D eigenvalue weighted by Gasteiger charge is -2.15. The average molecular weight is 136 g/mol. The van der Waals surface area contributed by atoms with Crippen LogP contribution in [0.2, 0.25) is 0 Å². The Morgan fingerprint density at radius 1 is 1.80 bits per heavy atom. The smallest absolute Gasteiger partial charge is 0.133 e. The minimum absolute atomic E-state index is 0.206. The first kappa shape index (κ1) is 7.26. The summed E-state index contributed by atoms with van der Waals surface area (Å²) in [5.74, 6) is 0.489. The van der Waals surface area contributed by atoms with Crippen molar-refractivity contribution >= 4 is 5.78 Å². The number of Topliss-reactive ketones (excluding diaryl/α,β-unsaturated/α-hetero) is 1. The maximum atomic E-state index is 10.9. The summed E-state index contributed by atoms with van der Waals surface area (Å²) in [4.78, 5) is 10.9. The summed E-state index contributed by atoms with van der Waals surface area (Å²) < 4.78 is 0. The highest BCUT2D eigenvalue weighted by molar-refractivity contribution is 5.79. The van der Waals surface area contributed by atoms with E-state index in [-0.39, 0.29) is 11.7 Å². The van der Waals surface area contributed by atoms with E-state index in [1.165, 1.54) is 0 Å². The van der Waals surface area contributed by atoms with E-state index in [0.717, 1.165) is 18.4 Å². The van der Waals surface area contributed by atoms with Gasteiger partial charge in [-0.1, -0.05) is 24.3 Å². The lowest BCUT2D eigenvalue weighted by atomic mass is 9.89. The highest BCUT2D eigenvalue weighted by Gasteiger charge is 2.15. The average Bonchev–Trinajstić information content (AvgIpc) is 1.88. The van der Waals surface area contributed by atoms with E-state index in [0.29, 0.717) is 0 Å². The van der Waals surface area contributed by atoms with Crippen LogP contribution in [0.25, 0.3) is 0 Å². The van der Waals surface area contributed by atoms with Crippen molar-refractivity contribution in [2.75, 3.05) is 0 Å². The molecule has 0 aromatic heterocycles. The third kappa shape index (κ3) is 1.56. The van der Waals surface area contributed by atoms with E-state index in [2.05, 4.69) is 6.58 Å². The van der Waals surface area contributed by atoms with Crippen molar-refractivity contribution in [3.63, 3.8) is 0 Å². The molecule has 0 aromatic carbocycles. The van der Waals surface area contributed by atoms with E-state index in [1.54, 1.807) is 6.92 Å². The molecule has 54 valence electrons. The Kier molecular flexibility index (Phi) is 2.05. The first-order valence-corrected chi connectivity index (χ1v) is 3.55. The molecule has 1 atom stereocenters. The Labute approximate surface area is 61.4 Å². The first-order valence-electron chi connectivity index (χ1n) is 3.55. The number of rotatable bonds is 1. The molecule has 1 aliphatic rings. The summed E-state index contributed by atoms with van der Waals surface area (Å²) in [6, 6.07) is 0. The zero-order valence-electron chi connectivity index (χ0n) is 6.26. The Balaban J connectivity index is 2.60. The first-order chi connectivity index (χ1) is 4.70. The number of carbonyl (C=O) groups excluding carboxylic acids is 1.